The minimum absolute atomic E-state index is 0.0174. The first-order valence-electron chi connectivity index (χ1n) is 10.8. The number of para-hydroxylation sites is 2. The Labute approximate surface area is 181 Å². The molecule has 1 heterocycles. The Kier molecular flexibility index (Phi) is 6.07. The fraction of sp³-hybridized carbons (Fsp3) is 0.360. The summed E-state index contributed by atoms with van der Waals surface area (Å²) in [7, 11) is 0. The van der Waals surface area contributed by atoms with Crippen molar-refractivity contribution in [2.24, 2.45) is 11.8 Å². The van der Waals surface area contributed by atoms with Gasteiger partial charge in [0.05, 0.1) is 5.69 Å². The van der Waals surface area contributed by atoms with E-state index < -0.39 is 11.7 Å². The Hall–Kier alpha value is -3.15. The highest BCUT2D eigenvalue weighted by atomic mass is 19.1. The van der Waals surface area contributed by atoms with Crippen LogP contribution in [0.2, 0.25) is 0 Å². The summed E-state index contributed by atoms with van der Waals surface area (Å²) in [5, 5.41) is 3.12. The molecular formula is C25H27FN2O3. The van der Waals surface area contributed by atoms with Gasteiger partial charge in [0, 0.05) is 11.6 Å². The third-order valence-corrected chi connectivity index (χ3v) is 6.38. The minimum atomic E-state index is -0.470. The Balaban J connectivity index is 1.58. The van der Waals surface area contributed by atoms with Crippen LogP contribution in [0.15, 0.2) is 54.3 Å². The number of hydrogen-bond acceptors (Lipinski definition) is 3. The van der Waals surface area contributed by atoms with E-state index in [2.05, 4.69) is 19.2 Å². The molecule has 0 radical (unpaired) electrons. The maximum atomic E-state index is 14.1. The average molecular weight is 423 g/mol. The molecule has 0 bridgehead atoms. The fourth-order valence-electron chi connectivity index (χ4n) is 4.33. The molecule has 0 spiro atoms. The van der Waals surface area contributed by atoms with Crippen molar-refractivity contribution in [1.82, 2.24) is 5.32 Å². The van der Waals surface area contributed by atoms with Crippen molar-refractivity contribution in [3.63, 3.8) is 0 Å². The van der Waals surface area contributed by atoms with Crippen molar-refractivity contribution in [3.05, 3.63) is 65.7 Å². The van der Waals surface area contributed by atoms with Crippen LogP contribution in [-0.2, 0) is 9.59 Å². The fourth-order valence-corrected chi connectivity index (χ4v) is 4.33. The molecule has 1 N–H and O–H groups in total. The third-order valence-electron chi connectivity index (χ3n) is 6.38. The van der Waals surface area contributed by atoms with Gasteiger partial charge in [0.25, 0.3) is 5.91 Å². The van der Waals surface area contributed by atoms with Crippen molar-refractivity contribution >= 4 is 23.6 Å². The molecule has 31 heavy (non-hydrogen) atoms. The SMILES string of the molecule is C[C@@H]1[C@H](C)CCC[C@H]1NC(=O)CN1C(=O)/C(=C/c2ccccc2F)Oc2ccccc21. The summed E-state index contributed by atoms with van der Waals surface area (Å²) in [5.41, 5.74) is 0.776. The van der Waals surface area contributed by atoms with Gasteiger partial charge < -0.3 is 10.1 Å². The lowest BCUT2D eigenvalue weighted by molar-refractivity contribution is -0.124. The van der Waals surface area contributed by atoms with E-state index >= 15 is 0 Å². The van der Waals surface area contributed by atoms with Crippen LogP contribution in [0.5, 0.6) is 5.75 Å². The van der Waals surface area contributed by atoms with Crippen molar-refractivity contribution in [1.29, 1.82) is 0 Å². The van der Waals surface area contributed by atoms with Crippen molar-refractivity contribution in [3.8, 4) is 5.75 Å². The van der Waals surface area contributed by atoms with Gasteiger partial charge in [0.2, 0.25) is 5.91 Å². The lowest BCUT2D eigenvalue weighted by Crippen LogP contribution is -2.49. The highest BCUT2D eigenvalue weighted by Gasteiger charge is 2.33. The molecule has 2 aromatic rings. The van der Waals surface area contributed by atoms with Crippen molar-refractivity contribution in [2.75, 3.05) is 11.4 Å². The van der Waals surface area contributed by atoms with Crippen LogP contribution in [0.3, 0.4) is 0 Å². The maximum absolute atomic E-state index is 14.1. The predicted molar refractivity (Wildman–Crippen MR) is 118 cm³/mol. The van der Waals surface area contributed by atoms with Gasteiger partial charge in [-0.2, -0.15) is 0 Å². The first-order valence-corrected chi connectivity index (χ1v) is 10.8. The number of amides is 2. The predicted octanol–water partition coefficient (Wildman–Crippen LogP) is 4.53. The highest BCUT2D eigenvalue weighted by molar-refractivity contribution is 6.12. The first-order chi connectivity index (χ1) is 14.9. The Morgan fingerprint density at radius 3 is 2.71 bits per heavy atom. The van der Waals surface area contributed by atoms with E-state index in [1.54, 1.807) is 42.5 Å². The number of fused-ring (bicyclic) bond motifs is 1. The van der Waals surface area contributed by atoms with Crippen LogP contribution >= 0.6 is 0 Å². The summed E-state index contributed by atoms with van der Waals surface area (Å²) in [5.74, 6) is 0.258. The number of hydrogen-bond donors (Lipinski definition) is 1. The molecule has 3 atom stereocenters. The van der Waals surface area contributed by atoms with Crippen LogP contribution in [0.1, 0.15) is 38.7 Å². The second kappa shape index (κ2) is 8.92. The van der Waals surface area contributed by atoms with Gasteiger partial charge in [-0.25, -0.2) is 4.39 Å². The molecule has 5 nitrogen and oxygen atoms in total. The normalized spacial score (nSPS) is 24.5. The van der Waals surface area contributed by atoms with Crippen LogP contribution in [0, 0.1) is 17.7 Å². The van der Waals surface area contributed by atoms with Gasteiger partial charge in [0.1, 0.15) is 12.4 Å². The zero-order valence-corrected chi connectivity index (χ0v) is 17.8. The monoisotopic (exact) mass is 422 g/mol. The Morgan fingerprint density at radius 1 is 1.16 bits per heavy atom. The zero-order chi connectivity index (χ0) is 22.0. The van der Waals surface area contributed by atoms with Gasteiger partial charge in [-0.3, -0.25) is 14.5 Å². The lowest BCUT2D eigenvalue weighted by atomic mass is 9.78. The molecule has 162 valence electrons. The quantitative estimate of drug-likeness (QED) is 0.737. The second-order valence-corrected chi connectivity index (χ2v) is 8.43. The average Bonchev–Trinajstić information content (AvgIpc) is 2.76. The Bertz CT molecular complexity index is 1020. The topological polar surface area (TPSA) is 58.6 Å². The number of nitrogens with zero attached hydrogens (tertiary/aromatic N) is 1. The van der Waals surface area contributed by atoms with Gasteiger partial charge in [-0.05, 0) is 42.5 Å². The summed E-state index contributed by atoms with van der Waals surface area (Å²) in [6, 6.07) is 13.3. The molecule has 4 rings (SSSR count). The molecule has 1 fully saturated rings. The van der Waals surface area contributed by atoms with E-state index in [1.807, 2.05) is 0 Å². The summed E-state index contributed by atoms with van der Waals surface area (Å²) < 4.78 is 19.9. The molecule has 0 saturated heterocycles. The number of rotatable bonds is 4. The summed E-state index contributed by atoms with van der Waals surface area (Å²) in [6.07, 6.45) is 4.59. The van der Waals surface area contributed by atoms with Crippen LogP contribution in [0.4, 0.5) is 10.1 Å². The number of carbonyl (C=O) groups excluding carboxylic acids is 2. The number of halogens is 1. The van der Waals surface area contributed by atoms with Crippen LogP contribution in [0.25, 0.3) is 6.08 Å². The molecule has 2 aliphatic rings. The second-order valence-electron chi connectivity index (χ2n) is 8.43. The Morgan fingerprint density at radius 2 is 1.90 bits per heavy atom. The van der Waals surface area contributed by atoms with E-state index in [9.17, 15) is 14.0 Å². The van der Waals surface area contributed by atoms with Gasteiger partial charge in [-0.1, -0.05) is 57.0 Å². The standard InChI is InChI=1S/C25H27FN2O3/c1-16-8-7-11-20(17(16)2)27-24(29)15-28-21-12-5-6-13-22(21)31-23(25(28)30)14-18-9-3-4-10-19(18)26/h3-6,9-10,12-14,16-17,20H,7-8,11,15H2,1-2H3,(H,27,29)/b23-14-/t16-,17-,20-/m1/s1. The lowest BCUT2D eigenvalue weighted by Gasteiger charge is -2.35. The highest BCUT2D eigenvalue weighted by Crippen LogP contribution is 2.36. The maximum Gasteiger partial charge on any atom is 0.294 e. The van der Waals surface area contributed by atoms with Crippen LogP contribution in [-0.4, -0.2) is 24.4 Å². The van der Waals surface area contributed by atoms with Gasteiger partial charge >= 0.3 is 0 Å². The summed E-state index contributed by atoms with van der Waals surface area (Å²) in [6.45, 7) is 4.26. The van der Waals surface area contributed by atoms with Crippen molar-refractivity contribution < 1.29 is 18.7 Å². The van der Waals surface area contributed by atoms with E-state index in [0.29, 0.717) is 23.3 Å². The van der Waals surface area contributed by atoms with Crippen molar-refractivity contribution in [2.45, 2.75) is 39.2 Å². The number of benzene rings is 2. The molecule has 2 aromatic carbocycles. The number of ether oxygens (including phenoxy) is 1. The zero-order valence-electron chi connectivity index (χ0n) is 17.8. The number of nitrogens with one attached hydrogen (secondary N) is 1. The van der Waals surface area contributed by atoms with E-state index in [0.717, 1.165) is 12.8 Å². The summed E-state index contributed by atoms with van der Waals surface area (Å²) in [4.78, 5) is 27.5. The number of carbonyl (C=O) groups is 2. The molecule has 2 amide bonds. The summed E-state index contributed by atoms with van der Waals surface area (Å²) >= 11 is 0. The largest absolute Gasteiger partial charge is 0.449 e. The van der Waals surface area contributed by atoms with Gasteiger partial charge in [-0.15, -0.1) is 0 Å². The minimum Gasteiger partial charge on any atom is -0.449 e. The molecule has 6 heteroatoms. The smallest absolute Gasteiger partial charge is 0.294 e. The van der Waals surface area contributed by atoms with E-state index in [1.165, 1.54) is 23.5 Å². The van der Waals surface area contributed by atoms with Gasteiger partial charge in [0.15, 0.2) is 11.5 Å². The molecule has 0 unspecified atom stereocenters. The van der Waals surface area contributed by atoms with E-state index in [4.69, 9.17) is 4.74 Å². The molecule has 1 aliphatic carbocycles. The molecular weight excluding hydrogens is 395 g/mol. The molecule has 1 saturated carbocycles. The first kappa shape index (κ1) is 21.1. The van der Waals surface area contributed by atoms with E-state index in [-0.39, 0.29) is 29.8 Å². The third kappa shape index (κ3) is 4.48. The number of anilines is 1. The molecule has 0 aromatic heterocycles. The molecule has 1 aliphatic heterocycles. The van der Waals surface area contributed by atoms with Crippen LogP contribution < -0.4 is 15.0 Å².